The Morgan fingerprint density at radius 2 is 0.494 bits per heavy atom. The van der Waals surface area contributed by atoms with Gasteiger partial charge in [0.1, 0.15) is 13.2 Å². The third-order valence-corrected chi connectivity index (χ3v) is 13.3. The fourth-order valence-electron chi connectivity index (χ4n) is 8.57. The molecular formula is C73H118O6. The minimum Gasteiger partial charge on any atom is -0.462 e. The van der Waals surface area contributed by atoms with Crippen molar-refractivity contribution < 1.29 is 28.6 Å². The first-order valence-electron chi connectivity index (χ1n) is 32.3. The van der Waals surface area contributed by atoms with E-state index in [0.29, 0.717) is 19.3 Å². The number of unbranched alkanes of at least 4 members (excludes halogenated alkanes) is 22. The lowest BCUT2D eigenvalue weighted by molar-refractivity contribution is -0.167. The Balaban J connectivity index is 4.22. The van der Waals surface area contributed by atoms with Gasteiger partial charge in [0, 0.05) is 19.3 Å². The van der Waals surface area contributed by atoms with Crippen LogP contribution in [0.4, 0.5) is 0 Å². The van der Waals surface area contributed by atoms with E-state index in [9.17, 15) is 14.4 Å². The Morgan fingerprint density at radius 3 is 0.797 bits per heavy atom. The van der Waals surface area contributed by atoms with Gasteiger partial charge in [-0.2, -0.15) is 0 Å². The predicted octanol–water partition coefficient (Wildman–Crippen LogP) is 22.3. The number of hydrogen-bond acceptors (Lipinski definition) is 6. The van der Waals surface area contributed by atoms with Crippen molar-refractivity contribution in [3.8, 4) is 0 Å². The number of carbonyl (C=O) groups excluding carboxylic acids is 3. The van der Waals surface area contributed by atoms with E-state index in [2.05, 4.69) is 167 Å². The minimum absolute atomic E-state index is 0.0972. The number of rotatable bonds is 57. The molecule has 0 spiro atoms. The van der Waals surface area contributed by atoms with E-state index in [1.165, 1.54) is 96.3 Å². The van der Waals surface area contributed by atoms with Crippen molar-refractivity contribution in [3.63, 3.8) is 0 Å². The van der Waals surface area contributed by atoms with Gasteiger partial charge in [-0.3, -0.25) is 14.4 Å². The minimum atomic E-state index is -0.804. The Hall–Kier alpha value is -4.71. The summed E-state index contributed by atoms with van der Waals surface area (Å²) >= 11 is 0. The quantitative estimate of drug-likeness (QED) is 0.0261. The smallest absolute Gasteiger partial charge is 0.306 e. The van der Waals surface area contributed by atoms with Crippen molar-refractivity contribution in [2.24, 2.45) is 0 Å². The molecule has 0 saturated heterocycles. The van der Waals surface area contributed by atoms with Crippen LogP contribution >= 0.6 is 0 Å². The third-order valence-electron chi connectivity index (χ3n) is 13.3. The van der Waals surface area contributed by atoms with Crippen molar-refractivity contribution in [1.82, 2.24) is 0 Å². The monoisotopic (exact) mass is 1090 g/mol. The lowest BCUT2D eigenvalue weighted by Gasteiger charge is -2.18. The van der Waals surface area contributed by atoms with E-state index in [1.807, 2.05) is 0 Å². The highest BCUT2D eigenvalue weighted by Crippen LogP contribution is 2.15. The van der Waals surface area contributed by atoms with Crippen LogP contribution < -0.4 is 0 Å². The number of hydrogen-bond donors (Lipinski definition) is 0. The summed E-state index contributed by atoms with van der Waals surface area (Å²) in [5.74, 6) is -0.945. The molecule has 1 atom stereocenters. The molecule has 79 heavy (non-hydrogen) atoms. The summed E-state index contributed by atoms with van der Waals surface area (Å²) < 4.78 is 16.8. The molecule has 0 aliphatic rings. The van der Waals surface area contributed by atoms with E-state index >= 15 is 0 Å². The van der Waals surface area contributed by atoms with Gasteiger partial charge in [-0.05, 0) is 122 Å². The Kier molecular flexibility index (Phi) is 61.9. The van der Waals surface area contributed by atoms with Gasteiger partial charge in [-0.15, -0.1) is 0 Å². The van der Waals surface area contributed by atoms with E-state index in [1.54, 1.807) is 0 Å². The van der Waals surface area contributed by atoms with Crippen LogP contribution in [0, 0.1) is 0 Å². The summed E-state index contributed by atoms with van der Waals surface area (Å²) in [5, 5.41) is 0. The van der Waals surface area contributed by atoms with Gasteiger partial charge < -0.3 is 14.2 Å². The molecule has 0 amide bonds. The second kappa shape index (κ2) is 65.8. The zero-order valence-corrected chi connectivity index (χ0v) is 51.1. The van der Waals surface area contributed by atoms with E-state index < -0.39 is 6.10 Å². The van der Waals surface area contributed by atoms with Gasteiger partial charge in [0.25, 0.3) is 0 Å². The normalized spacial score (nSPS) is 13.1. The largest absolute Gasteiger partial charge is 0.462 e. The molecule has 446 valence electrons. The molecule has 0 aromatic heterocycles. The molecule has 1 unspecified atom stereocenters. The molecule has 0 saturated carbocycles. The van der Waals surface area contributed by atoms with Gasteiger partial charge in [-0.25, -0.2) is 0 Å². The van der Waals surface area contributed by atoms with Crippen LogP contribution in [-0.2, 0) is 28.6 Å². The molecule has 6 heteroatoms. The lowest BCUT2D eigenvalue weighted by atomic mass is 10.1. The Morgan fingerprint density at radius 1 is 0.266 bits per heavy atom. The lowest BCUT2D eigenvalue weighted by Crippen LogP contribution is -2.30. The maximum Gasteiger partial charge on any atom is 0.306 e. The second-order valence-corrected chi connectivity index (χ2v) is 20.9. The molecule has 6 nitrogen and oxygen atoms in total. The number of allylic oxidation sites excluding steroid dienone is 24. The van der Waals surface area contributed by atoms with E-state index in [0.717, 1.165) is 135 Å². The van der Waals surface area contributed by atoms with Gasteiger partial charge in [0.05, 0.1) is 0 Å². The van der Waals surface area contributed by atoms with Crippen molar-refractivity contribution in [1.29, 1.82) is 0 Å². The average Bonchev–Trinajstić information content (AvgIpc) is 3.45. The van der Waals surface area contributed by atoms with E-state index in [4.69, 9.17) is 14.2 Å². The van der Waals surface area contributed by atoms with Crippen LogP contribution in [0.15, 0.2) is 146 Å². The van der Waals surface area contributed by atoms with Crippen LogP contribution in [-0.4, -0.2) is 37.2 Å². The van der Waals surface area contributed by atoms with Gasteiger partial charge in [-0.1, -0.05) is 282 Å². The maximum atomic E-state index is 12.8. The molecule has 0 N–H and O–H groups in total. The number of esters is 3. The standard InChI is InChI=1S/C73H118O6/c1-4-7-10-13-16-19-22-24-26-27-28-29-30-31-32-33-34-35-36-37-38-39-40-41-42-43-44-45-47-48-51-54-57-60-63-66-72(75)78-69-70(68-77-71(74)65-62-59-56-53-50-21-18-15-12-9-6-3)79-73(76)67-64-61-58-55-52-49-46-25-23-20-17-14-11-8-5-2/h7-8,10-11,16-17,19-20,24-26,28-29,31-32,34-35,37-38,40-41,46,52,55,70H,4-6,9,12-15,18,21-23,27,30,33,36,39,42-45,47-51,53-54,56-69H2,1-3H3/b10-7-,11-8-,19-16-,20-17-,26-24-,29-28-,32-31-,35-34-,38-37-,41-40-,46-25-,55-52-. The van der Waals surface area contributed by atoms with Crippen LogP contribution in [0.5, 0.6) is 0 Å². The molecule has 0 radical (unpaired) electrons. The van der Waals surface area contributed by atoms with Gasteiger partial charge in [0.15, 0.2) is 6.10 Å². The zero-order chi connectivity index (χ0) is 57.1. The first kappa shape index (κ1) is 74.3. The third kappa shape index (κ3) is 64.0. The van der Waals surface area contributed by atoms with Gasteiger partial charge in [0.2, 0.25) is 0 Å². The molecular weight excluding hydrogens is 973 g/mol. The summed E-state index contributed by atoms with van der Waals surface area (Å²) in [6, 6.07) is 0. The van der Waals surface area contributed by atoms with Crippen LogP contribution in [0.25, 0.3) is 0 Å². The topological polar surface area (TPSA) is 78.9 Å². The first-order valence-corrected chi connectivity index (χ1v) is 32.3. The molecule has 0 rings (SSSR count). The molecule has 0 heterocycles. The summed E-state index contributed by atoms with van der Waals surface area (Å²) in [6.07, 6.45) is 94.4. The predicted molar refractivity (Wildman–Crippen MR) is 343 cm³/mol. The number of carbonyl (C=O) groups is 3. The highest BCUT2D eigenvalue weighted by molar-refractivity contribution is 5.71. The fraction of sp³-hybridized carbons (Fsp3) is 0.630. The van der Waals surface area contributed by atoms with Crippen molar-refractivity contribution in [2.45, 2.75) is 284 Å². The first-order chi connectivity index (χ1) is 39.0. The highest BCUT2D eigenvalue weighted by Gasteiger charge is 2.19. The molecule has 0 bridgehead atoms. The SMILES string of the molecule is CC/C=C\C/C=C\C/C=C\C/C=C\C/C=C\C/C=C\C/C=C\C/C=C\CCCCCCCCCCCCC(=O)OCC(COC(=O)CCCCCCCCCCCCC)OC(=O)CCCC/C=C\C/C=C\C/C=C\C/C=C\CC. The van der Waals surface area contributed by atoms with Crippen LogP contribution in [0.1, 0.15) is 278 Å². The summed E-state index contributed by atoms with van der Waals surface area (Å²) in [6.45, 7) is 6.37. The molecule has 0 aliphatic heterocycles. The zero-order valence-electron chi connectivity index (χ0n) is 51.1. The molecule has 0 aromatic rings. The Labute approximate surface area is 487 Å². The van der Waals surface area contributed by atoms with Gasteiger partial charge >= 0.3 is 17.9 Å². The second-order valence-electron chi connectivity index (χ2n) is 20.9. The van der Waals surface area contributed by atoms with Crippen LogP contribution in [0.2, 0.25) is 0 Å². The molecule has 0 aromatic carbocycles. The average molecular weight is 1090 g/mol. The molecule has 0 fully saturated rings. The summed E-state index contributed by atoms with van der Waals surface area (Å²) in [7, 11) is 0. The number of ether oxygens (including phenoxy) is 3. The highest BCUT2D eigenvalue weighted by atomic mass is 16.6. The summed E-state index contributed by atoms with van der Waals surface area (Å²) in [5.41, 5.74) is 0. The molecule has 0 aliphatic carbocycles. The Bertz CT molecular complexity index is 1730. The van der Waals surface area contributed by atoms with Crippen molar-refractivity contribution in [2.75, 3.05) is 13.2 Å². The van der Waals surface area contributed by atoms with Crippen molar-refractivity contribution >= 4 is 17.9 Å². The van der Waals surface area contributed by atoms with E-state index in [-0.39, 0.29) is 37.5 Å². The fourth-order valence-corrected chi connectivity index (χ4v) is 8.57. The van der Waals surface area contributed by atoms with Crippen molar-refractivity contribution in [3.05, 3.63) is 146 Å². The van der Waals surface area contributed by atoms with Crippen LogP contribution in [0.3, 0.4) is 0 Å². The maximum absolute atomic E-state index is 12.8. The summed E-state index contributed by atoms with van der Waals surface area (Å²) in [4.78, 5) is 38.2.